The van der Waals surface area contributed by atoms with Crippen LogP contribution in [0.3, 0.4) is 0 Å². The van der Waals surface area contributed by atoms with E-state index in [0.29, 0.717) is 38.5 Å². The topological polar surface area (TPSA) is 70.2 Å². The van der Waals surface area contributed by atoms with Crippen molar-refractivity contribution in [3.05, 3.63) is 29.3 Å². The molecule has 170 valence electrons. The van der Waals surface area contributed by atoms with Crippen LogP contribution in [-0.2, 0) is 14.4 Å². The highest BCUT2D eigenvalue weighted by Gasteiger charge is 2.41. The van der Waals surface area contributed by atoms with E-state index in [9.17, 15) is 14.4 Å². The zero-order valence-electron chi connectivity index (χ0n) is 19.4. The lowest BCUT2D eigenvalue weighted by molar-refractivity contribution is -0.137. The van der Waals surface area contributed by atoms with Crippen molar-refractivity contribution in [1.82, 2.24) is 14.7 Å². The number of hydrogen-bond acceptors (Lipinski definition) is 4. The molecule has 0 radical (unpaired) electrons. The highest BCUT2D eigenvalue weighted by Crippen LogP contribution is 2.27. The van der Waals surface area contributed by atoms with Gasteiger partial charge in [0.25, 0.3) is 5.91 Å². The largest absolute Gasteiger partial charge is 0.484 e. The molecule has 7 nitrogen and oxygen atoms in total. The Kier molecular flexibility index (Phi) is 6.92. The molecule has 3 amide bonds. The summed E-state index contributed by atoms with van der Waals surface area (Å²) < 4.78 is 5.69. The molecular weight excluding hydrogens is 394 g/mol. The van der Waals surface area contributed by atoms with E-state index in [4.69, 9.17) is 4.74 Å². The average molecular weight is 430 g/mol. The van der Waals surface area contributed by atoms with Crippen molar-refractivity contribution in [1.29, 1.82) is 0 Å². The van der Waals surface area contributed by atoms with Crippen molar-refractivity contribution >= 4 is 17.7 Å². The summed E-state index contributed by atoms with van der Waals surface area (Å²) in [5.74, 6) is 0.406. The molecule has 1 atom stereocenters. The molecule has 1 unspecified atom stereocenters. The molecule has 2 aliphatic heterocycles. The van der Waals surface area contributed by atoms with Crippen LogP contribution in [0.2, 0.25) is 0 Å². The summed E-state index contributed by atoms with van der Waals surface area (Å²) in [6, 6.07) is 5.80. The number of carbonyl (C=O) groups is 3. The van der Waals surface area contributed by atoms with Crippen LogP contribution in [0, 0.1) is 19.8 Å². The summed E-state index contributed by atoms with van der Waals surface area (Å²) in [6.07, 6.45) is 1.00. The molecule has 0 bridgehead atoms. The minimum absolute atomic E-state index is 0.00584. The molecule has 0 saturated carbocycles. The predicted octanol–water partition coefficient (Wildman–Crippen LogP) is 2.39. The van der Waals surface area contributed by atoms with Crippen molar-refractivity contribution in [3.63, 3.8) is 0 Å². The molecule has 1 aromatic carbocycles. The fourth-order valence-corrected chi connectivity index (χ4v) is 4.21. The molecule has 0 N–H and O–H groups in total. The molecule has 0 aromatic heterocycles. The first kappa shape index (κ1) is 23.1. The summed E-state index contributed by atoms with van der Waals surface area (Å²) in [6.45, 7) is 12.7. The van der Waals surface area contributed by atoms with Crippen LogP contribution in [0.5, 0.6) is 5.75 Å². The summed E-state index contributed by atoms with van der Waals surface area (Å²) >= 11 is 0. The van der Waals surface area contributed by atoms with Gasteiger partial charge < -0.3 is 19.4 Å². The second kappa shape index (κ2) is 9.28. The highest BCUT2D eigenvalue weighted by atomic mass is 16.5. The minimum Gasteiger partial charge on any atom is -0.484 e. The number of amides is 3. The standard InChI is InChI=1S/C24H35N3O4/c1-17-7-8-20(13-18(17)2)31-16-22(29)25-9-6-10-26(12-11-25)23(30)19-14-21(28)27(15-19)24(3,4)5/h7-8,13,19H,6,9-12,14-16H2,1-5H3. The third kappa shape index (κ3) is 5.57. The van der Waals surface area contributed by atoms with Crippen LogP contribution in [0.1, 0.15) is 44.7 Å². The third-order valence-electron chi connectivity index (χ3n) is 6.28. The van der Waals surface area contributed by atoms with Crippen LogP contribution < -0.4 is 4.74 Å². The molecule has 2 fully saturated rings. The van der Waals surface area contributed by atoms with Gasteiger partial charge >= 0.3 is 0 Å². The van der Waals surface area contributed by atoms with Crippen molar-refractivity contribution in [3.8, 4) is 5.75 Å². The Morgan fingerprint density at radius 3 is 2.35 bits per heavy atom. The van der Waals surface area contributed by atoms with Gasteiger partial charge in [-0.2, -0.15) is 0 Å². The highest BCUT2D eigenvalue weighted by molar-refractivity contribution is 5.89. The number of likely N-dealkylation sites (tertiary alicyclic amines) is 1. The summed E-state index contributed by atoms with van der Waals surface area (Å²) in [7, 11) is 0. The Morgan fingerprint density at radius 2 is 1.71 bits per heavy atom. The van der Waals surface area contributed by atoms with Gasteiger partial charge in [0.1, 0.15) is 5.75 Å². The number of carbonyl (C=O) groups excluding carboxylic acids is 3. The molecule has 0 spiro atoms. The van der Waals surface area contributed by atoms with Gasteiger partial charge in [-0.05, 0) is 64.3 Å². The first-order valence-corrected chi connectivity index (χ1v) is 11.1. The van der Waals surface area contributed by atoms with Crippen LogP contribution >= 0.6 is 0 Å². The smallest absolute Gasteiger partial charge is 0.260 e. The fourth-order valence-electron chi connectivity index (χ4n) is 4.21. The maximum absolute atomic E-state index is 13.0. The average Bonchev–Trinajstić information content (AvgIpc) is 2.95. The second-order valence-corrected chi connectivity index (χ2v) is 9.67. The Labute approximate surface area is 185 Å². The number of benzene rings is 1. The quantitative estimate of drug-likeness (QED) is 0.737. The van der Waals surface area contributed by atoms with Crippen LogP contribution in [0.15, 0.2) is 18.2 Å². The van der Waals surface area contributed by atoms with E-state index in [-0.39, 0.29) is 42.2 Å². The molecule has 3 rings (SSSR count). The van der Waals surface area contributed by atoms with E-state index in [1.54, 1.807) is 9.80 Å². The first-order chi connectivity index (χ1) is 14.6. The third-order valence-corrected chi connectivity index (χ3v) is 6.28. The molecular formula is C24H35N3O4. The molecule has 2 heterocycles. The maximum atomic E-state index is 13.0. The van der Waals surface area contributed by atoms with Gasteiger partial charge in [-0.3, -0.25) is 14.4 Å². The molecule has 31 heavy (non-hydrogen) atoms. The maximum Gasteiger partial charge on any atom is 0.260 e. The van der Waals surface area contributed by atoms with Gasteiger partial charge in [0.05, 0.1) is 5.92 Å². The normalized spacial score (nSPS) is 20.1. The molecule has 0 aliphatic carbocycles. The zero-order valence-corrected chi connectivity index (χ0v) is 19.4. The van der Waals surface area contributed by atoms with E-state index in [0.717, 1.165) is 12.0 Å². The number of ether oxygens (including phenoxy) is 1. The van der Waals surface area contributed by atoms with Crippen LogP contribution in [-0.4, -0.2) is 77.3 Å². The number of nitrogens with zero attached hydrogens (tertiary/aromatic N) is 3. The SMILES string of the molecule is Cc1ccc(OCC(=O)N2CCCN(C(=O)C3CC(=O)N(C(C)(C)C)C3)CC2)cc1C. The predicted molar refractivity (Wildman–Crippen MR) is 119 cm³/mol. The van der Waals surface area contributed by atoms with Crippen LogP contribution in [0.25, 0.3) is 0 Å². The lowest BCUT2D eigenvalue weighted by Crippen LogP contribution is -2.44. The number of aryl methyl sites for hydroxylation is 2. The monoisotopic (exact) mass is 429 g/mol. The lowest BCUT2D eigenvalue weighted by atomic mass is 10.1. The Balaban J connectivity index is 1.51. The lowest BCUT2D eigenvalue weighted by Gasteiger charge is -2.32. The van der Waals surface area contributed by atoms with E-state index in [1.165, 1.54) is 5.56 Å². The van der Waals surface area contributed by atoms with E-state index < -0.39 is 0 Å². The van der Waals surface area contributed by atoms with Gasteiger partial charge in [0.15, 0.2) is 6.61 Å². The Hall–Kier alpha value is -2.57. The van der Waals surface area contributed by atoms with Gasteiger partial charge in [0.2, 0.25) is 11.8 Å². The van der Waals surface area contributed by atoms with Gasteiger partial charge in [0, 0.05) is 44.7 Å². The Morgan fingerprint density at radius 1 is 1.03 bits per heavy atom. The van der Waals surface area contributed by atoms with Crippen LogP contribution in [0.4, 0.5) is 0 Å². The number of hydrogen-bond donors (Lipinski definition) is 0. The summed E-state index contributed by atoms with van der Waals surface area (Å²) in [4.78, 5) is 43.4. The zero-order chi connectivity index (χ0) is 22.8. The van der Waals surface area contributed by atoms with E-state index in [1.807, 2.05) is 57.7 Å². The van der Waals surface area contributed by atoms with Gasteiger partial charge in [-0.15, -0.1) is 0 Å². The van der Waals surface area contributed by atoms with Gasteiger partial charge in [-0.1, -0.05) is 6.07 Å². The van der Waals surface area contributed by atoms with E-state index in [2.05, 4.69) is 0 Å². The van der Waals surface area contributed by atoms with Gasteiger partial charge in [-0.25, -0.2) is 0 Å². The Bertz CT molecular complexity index is 846. The van der Waals surface area contributed by atoms with E-state index >= 15 is 0 Å². The minimum atomic E-state index is -0.290. The summed E-state index contributed by atoms with van der Waals surface area (Å²) in [5.41, 5.74) is 2.04. The summed E-state index contributed by atoms with van der Waals surface area (Å²) in [5, 5.41) is 0. The molecule has 2 saturated heterocycles. The molecule has 2 aliphatic rings. The molecule has 7 heteroatoms. The molecule has 1 aromatic rings. The van der Waals surface area contributed by atoms with Crippen molar-refractivity contribution in [2.24, 2.45) is 5.92 Å². The van der Waals surface area contributed by atoms with Crippen molar-refractivity contribution < 1.29 is 19.1 Å². The van der Waals surface area contributed by atoms with Crippen molar-refractivity contribution in [2.75, 3.05) is 39.3 Å². The fraction of sp³-hybridized carbons (Fsp3) is 0.625. The second-order valence-electron chi connectivity index (χ2n) is 9.67. The van der Waals surface area contributed by atoms with Crippen molar-refractivity contribution in [2.45, 2.75) is 53.0 Å². The first-order valence-electron chi connectivity index (χ1n) is 11.1. The number of rotatable bonds is 4.